The van der Waals surface area contributed by atoms with Crippen LogP contribution in [0.3, 0.4) is 0 Å². The van der Waals surface area contributed by atoms with E-state index in [0.717, 1.165) is 15.7 Å². The molecule has 4 rings (SSSR count). The number of halogens is 1. The fraction of sp³-hybridized carbons (Fsp3) is 0.480. The van der Waals surface area contributed by atoms with Crippen molar-refractivity contribution in [3.63, 3.8) is 0 Å². The summed E-state index contributed by atoms with van der Waals surface area (Å²) in [6, 6.07) is 5.56. The van der Waals surface area contributed by atoms with E-state index in [1.807, 2.05) is 30.0 Å². The molecule has 2 aromatic rings. The summed E-state index contributed by atoms with van der Waals surface area (Å²) < 4.78 is 5.47. The molecule has 186 valence electrons. The summed E-state index contributed by atoms with van der Waals surface area (Å²) in [5, 5.41) is 9.13. The lowest BCUT2D eigenvalue weighted by Crippen LogP contribution is -2.57. The number of nitrogens with zero attached hydrogens (tertiary/aromatic N) is 4. The van der Waals surface area contributed by atoms with E-state index >= 15 is 0 Å². The standard InChI is InChI=1S/C25H29BrN4O5/c1-6-17-22(31)29-11-10-25(7-2,23(32)35-24(33)34)20-19(29)21(28-14(5)27-20)30(17)18-9-8-15(13(3)4)12-16(18)26/h8-9,12-13,17H,6-7,10-11H2,1-5H3,(H,33,34). The Kier molecular flexibility index (Phi) is 6.61. The first kappa shape index (κ1) is 25.1. The highest BCUT2D eigenvalue weighted by Crippen LogP contribution is 2.51. The number of amides is 1. The van der Waals surface area contributed by atoms with Gasteiger partial charge in [0.1, 0.15) is 23.0 Å². The molecule has 1 N–H and O–H groups in total. The van der Waals surface area contributed by atoms with Crippen molar-refractivity contribution in [1.29, 1.82) is 0 Å². The first-order valence-electron chi connectivity index (χ1n) is 11.8. The van der Waals surface area contributed by atoms with E-state index in [1.165, 1.54) is 0 Å². The lowest BCUT2D eigenvalue weighted by atomic mass is 9.74. The molecule has 9 nitrogen and oxygen atoms in total. The lowest BCUT2D eigenvalue weighted by Gasteiger charge is -2.47. The minimum absolute atomic E-state index is 0.107. The molecule has 2 atom stereocenters. The van der Waals surface area contributed by atoms with Crippen LogP contribution in [0.25, 0.3) is 0 Å². The number of carboxylic acid groups (broad SMARTS) is 1. The van der Waals surface area contributed by atoms with Crippen molar-refractivity contribution < 1.29 is 24.2 Å². The van der Waals surface area contributed by atoms with Crippen LogP contribution in [0.2, 0.25) is 0 Å². The maximum atomic E-state index is 13.7. The van der Waals surface area contributed by atoms with E-state index in [2.05, 4.69) is 39.5 Å². The van der Waals surface area contributed by atoms with Crippen LogP contribution >= 0.6 is 15.9 Å². The molecule has 0 fully saturated rings. The number of benzene rings is 1. The van der Waals surface area contributed by atoms with Gasteiger partial charge >= 0.3 is 12.1 Å². The van der Waals surface area contributed by atoms with Crippen LogP contribution in [0.4, 0.5) is 22.0 Å². The van der Waals surface area contributed by atoms with Gasteiger partial charge in [-0.15, -0.1) is 0 Å². The number of rotatable bonds is 5. The molecular weight excluding hydrogens is 516 g/mol. The molecule has 0 saturated heterocycles. The van der Waals surface area contributed by atoms with Crippen LogP contribution in [-0.2, 0) is 19.7 Å². The highest BCUT2D eigenvalue weighted by molar-refractivity contribution is 9.10. The predicted octanol–water partition coefficient (Wildman–Crippen LogP) is 5.21. The predicted molar refractivity (Wildman–Crippen MR) is 134 cm³/mol. The zero-order chi connectivity index (χ0) is 25.7. The molecule has 1 aromatic carbocycles. The normalized spacial score (nSPS) is 21.2. The van der Waals surface area contributed by atoms with E-state index in [1.54, 1.807) is 18.7 Å². The monoisotopic (exact) mass is 544 g/mol. The Hall–Kier alpha value is -3.01. The molecule has 35 heavy (non-hydrogen) atoms. The van der Waals surface area contributed by atoms with Gasteiger partial charge in [-0.3, -0.25) is 9.59 Å². The van der Waals surface area contributed by atoms with E-state index in [0.29, 0.717) is 35.4 Å². The van der Waals surface area contributed by atoms with Gasteiger partial charge in [0.15, 0.2) is 5.82 Å². The smallest absolute Gasteiger partial charge is 0.449 e. The van der Waals surface area contributed by atoms with Gasteiger partial charge in [0.25, 0.3) is 0 Å². The summed E-state index contributed by atoms with van der Waals surface area (Å²) in [4.78, 5) is 50.9. The Labute approximate surface area is 212 Å². The minimum Gasteiger partial charge on any atom is -0.449 e. The van der Waals surface area contributed by atoms with Gasteiger partial charge < -0.3 is 19.6 Å². The van der Waals surface area contributed by atoms with Crippen LogP contribution < -0.4 is 9.80 Å². The molecule has 2 aliphatic heterocycles. The minimum atomic E-state index is -1.66. The Bertz CT molecular complexity index is 1220. The SMILES string of the molecule is CCC1C(=O)N2CCC(CC)(C(=O)OC(=O)O)c3nc(C)nc(c32)N1c1ccc(C(C)C)cc1Br. The first-order valence-corrected chi connectivity index (χ1v) is 12.6. The van der Waals surface area contributed by atoms with Crippen molar-refractivity contribution in [2.24, 2.45) is 0 Å². The second-order valence-electron chi connectivity index (χ2n) is 9.28. The number of carbonyl (C=O) groups excluding carboxylic acids is 2. The summed E-state index contributed by atoms with van der Waals surface area (Å²) >= 11 is 3.70. The van der Waals surface area contributed by atoms with Crippen LogP contribution in [0.5, 0.6) is 0 Å². The maximum Gasteiger partial charge on any atom is 0.513 e. The van der Waals surface area contributed by atoms with E-state index in [9.17, 15) is 14.4 Å². The average Bonchev–Trinajstić information content (AvgIpc) is 2.80. The molecule has 0 spiro atoms. The molecular formula is C25H29BrN4O5. The number of aromatic nitrogens is 2. The molecule has 1 aromatic heterocycles. The van der Waals surface area contributed by atoms with Gasteiger partial charge in [0.05, 0.1) is 11.4 Å². The number of hydrogen-bond donors (Lipinski definition) is 1. The Morgan fingerprint density at radius 2 is 2.00 bits per heavy atom. The van der Waals surface area contributed by atoms with Gasteiger partial charge in [-0.2, -0.15) is 0 Å². The summed E-state index contributed by atoms with van der Waals surface area (Å²) in [5.41, 5.74) is 1.43. The maximum absolute atomic E-state index is 13.7. The molecule has 10 heteroatoms. The molecule has 0 aliphatic carbocycles. The molecule has 2 unspecified atom stereocenters. The Morgan fingerprint density at radius 3 is 2.57 bits per heavy atom. The molecule has 2 aliphatic rings. The molecule has 0 radical (unpaired) electrons. The van der Waals surface area contributed by atoms with Gasteiger partial charge in [-0.05, 0) is 65.7 Å². The third kappa shape index (κ3) is 3.97. The van der Waals surface area contributed by atoms with E-state index in [-0.39, 0.29) is 25.3 Å². The zero-order valence-corrected chi connectivity index (χ0v) is 22.0. The molecule has 0 bridgehead atoms. The Morgan fingerprint density at radius 1 is 1.29 bits per heavy atom. The molecule has 0 saturated carbocycles. The van der Waals surface area contributed by atoms with Gasteiger partial charge in [0.2, 0.25) is 5.91 Å². The number of carbonyl (C=O) groups is 3. The van der Waals surface area contributed by atoms with Crippen molar-refractivity contribution in [2.45, 2.75) is 71.3 Å². The summed E-state index contributed by atoms with van der Waals surface area (Å²) in [5.74, 6) is 0.292. The summed E-state index contributed by atoms with van der Waals surface area (Å²) in [7, 11) is 0. The molecule has 3 heterocycles. The largest absolute Gasteiger partial charge is 0.513 e. The van der Waals surface area contributed by atoms with E-state index in [4.69, 9.17) is 10.1 Å². The second-order valence-corrected chi connectivity index (χ2v) is 10.1. The number of ether oxygens (including phenoxy) is 1. The second kappa shape index (κ2) is 9.22. The van der Waals surface area contributed by atoms with Crippen molar-refractivity contribution in [1.82, 2.24) is 9.97 Å². The number of hydrogen-bond acceptors (Lipinski definition) is 7. The van der Waals surface area contributed by atoms with E-state index < -0.39 is 23.6 Å². The van der Waals surface area contributed by atoms with Crippen LogP contribution in [0, 0.1) is 6.92 Å². The summed E-state index contributed by atoms with van der Waals surface area (Å²) in [6.45, 7) is 9.95. The third-order valence-electron chi connectivity index (χ3n) is 7.01. The highest BCUT2D eigenvalue weighted by Gasteiger charge is 2.53. The van der Waals surface area contributed by atoms with Crippen LogP contribution in [0.15, 0.2) is 22.7 Å². The first-order chi connectivity index (χ1) is 16.5. The zero-order valence-electron chi connectivity index (χ0n) is 20.5. The van der Waals surface area contributed by atoms with Crippen LogP contribution in [-0.4, -0.2) is 45.7 Å². The number of anilines is 3. The van der Waals surface area contributed by atoms with Crippen molar-refractivity contribution in [3.8, 4) is 0 Å². The lowest BCUT2D eigenvalue weighted by molar-refractivity contribution is -0.146. The van der Waals surface area contributed by atoms with Gasteiger partial charge in [-0.1, -0.05) is 33.8 Å². The third-order valence-corrected chi connectivity index (χ3v) is 7.65. The van der Waals surface area contributed by atoms with Gasteiger partial charge in [-0.25, -0.2) is 14.8 Å². The van der Waals surface area contributed by atoms with Crippen molar-refractivity contribution in [3.05, 3.63) is 39.8 Å². The fourth-order valence-electron chi connectivity index (χ4n) is 5.07. The van der Waals surface area contributed by atoms with Gasteiger partial charge in [0, 0.05) is 11.0 Å². The van der Waals surface area contributed by atoms with Crippen molar-refractivity contribution in [2.75, 3.05) is 16.3 Å². The van der Waals surface area contributed by atoms with Crippen LogP contribution in [0.1, 0.15) is 70.0 Å². The average molecular weight is 545 g/mol. The number of esters is 1. The highest BCUT2D eigenvalue weighted by atomic mass is 79.9. The quantitative estimate of drug-likeness (QED) is 0.403. The topological polar surface area (TPSA) is 113 Å². The Balaban J connectivity index is 1.99. The van der Waals surface area contributed by atoms with Crippen molar-refractivity contribution >= 4 is 51.2 Å². The molecule has 1 amide bonds. The number of aryl methyl sites for hydroxylation is 1. The fourth-order valence-corrected chi connectivity index (χ4v) is 5.66. The summed E-state index contributed by atoms with van der Waals surface area (Å²) in [6.07, 6.45) is -0.629.